The summed E-state index contributed by atoms with van der Waals surface area (Å²) in [4.78, 5) is 25.7. The number of carbonyl (C=O) groups is 2. The van der Waals surface area contributed by atoms with E-state index in [1.165, 1.54) is 18.2 Å². The molecular weight excluding hydrogens is 313 g/mol. The smallest absolute Gasteiger partial charge is 0.240 e. The number of anilines is 1. The van der Waals surface area contributed by atoms with E-state index >= 15 is 0 Å². The van der Waals surface area contributed by atoms with E-state index in [1.807, 2.05) is 13.8 Å². The van der Waals surface area contributed by atoms with Crippen molar-refractivity contribution >= 4 is 33.4 Å². The average Bonchev–Trinajstić information content (AvgIpc) is 2.55. The number of carbonyl (C=O) groups excluding carboxylic acids is 2. The van der Waals surface area contributed by atoms with E-state index in [0.29, 0.717) is 4.47 Å². The summed E-state index contributed by atoms with van der Waals surface area (Å²) in [7, 11) is 0. The zero-order chi connectivity index (χ0) is 14.4. The van der Waals surface area contributed by atoms with Gasteiger partial charge in [0, 0.05) is 10.9 Å². The summed E-state index contributed by atoms with van der Waals surface area (Å²) in [5, 5.41) is 0. The maximum absolute atomic E-state index is 13.3. The molecule has 2 rings (SSSR count). The second kappa shape index (κ2) is 4.71. The van der Waals surface area contributed by atoms with Gasteiger partial charge >= 0.3 is 0 Å². The molecule has 1 aromatic rings. The van der Waals surface area contributed by atoms with E-state index < -0.39 is 11.2 Å². The van der Waals surface area contributed by atoms with E-state index in [9.17, 15) is 14.0 Å². The van der Waals surface area contributed by atoms with Crippen LogP contribution in [0.2, 0.25) is 0 Å². The van der Waals surface area contributed by atoms with Crippen molar-refractivity contribution in [1.29, 1.82) is 0 Å². The fourth-order valence-corrected chi connectivity index (χ4v) is 2.61. The van der Waals surface area contributed by atoms with Gasteiger partial charge in [-0.3, -0.25) is 9.59 Å². The van der Waals surface area contributed by atoms with Crippen LogP contribution in [0.25, 0.3) is 0 Å². The molecule has 19 heavy (non-hydrogen) atoms. The summed E-state index contributed by atoms with van der Waals surface area (Å²) < 4.78 is 13.9. The number of imide groups is 1. The van der Waals surface area contributed by atoms with Gasteiger partial charge in [0.1, 0.15) is 5.82 Å². The molecule has 0 spiro atoms. The Hall–Kier alpha value is -1.23. The number of hydrogen-bond donors (Lipinski definition) is 0. The molecule has 1 unspecified atom stereocenters. The summed E-state index contributed by atoms with van der Waals surface area (Å²) >= 11 is 3.26. The Labute approximate surface area is 119 Å². The van der Waals surface area contributed by atoms with Crippen LogP contribution in [0.1, 0.15) is 27.2 Å². The van der Waals surface area contributed by atoms with Crippen molar-refractivity contribution in [3.05, 3.63) is 28.5 Å². The molecular formula is C14H15BrFNO2. The second-order valence-corrected chi connectivity index (χ2v) is 6.23. The van der Waals surface area contributed by atoms with E-state index in [0.717, 1.165) is 4.90 Å². The fraction of sp³-hybridized carbons (Fsp3) is 0.429. The van der Waals surface area contributed by atoms with Gasteiger partial charge in [0.05, 0.1) is 11.1 Å². The predicted octanol–water partition coefficient (Wildman–Crippen LogP) is 3.51. The highest BCUT2D eigenvalue weighted by atomic mass is 79.9. The maximum atomic E-state index is 13.3. The van der Waals surface area contributed by atoms with Crippen LogP contribution in [0.3, 0.4) is 0 Å². The summed E-state index contributed by atoms with van der Waals surface area (Å²) in [5.41, 5.74) is -0.442. The third-order valence-electron chi connectivity index (χ3n) is 3.88. The van der Waals surface area contributed by atoms with Gasteiger partial charge in [0.25, 0.3) is 0 Å². The van der Waals surface area contributed by atoms with Crippen molar-refractivity contribution in [3.63, 3.8) is 0 Å². The zero-order valence-corrected chi connectivity index (χ0v) is 12.6. The molecule has 102 valence electrons. The zero-order valence-electron chi connectivity index (χ0n) is 11.0. The van der Waals surface area contributed by atoms with Gasteiger partial charge in [-0.25, -0.2) is 9.29 Å². The monoisotopic (exact) mass is 327 g/mol. The molecule has 0 aliphatic carbocycles. The van der Waals surface area contributed by atoms with Crippen LogP contribution in [-0.4, -0.2) is 11.8 Å². The molecule has 0 N–H and O–H groups in total. The number of halogens is 2. The second-order valence-electron chi connectivity index (χ2n) is 5.38. The Morgan fingerprint density at radius 2 is 2.00 bits per heavy atom. The molecule has 0 bridgehead atoms. The van der Waals surface area contributed by atoms with Gasteiger partial charge in [-0.2, -0.15) is 0 Å². The number of benzene rings is 1. The first-order valence-corrected chi connectivity index (χ1v) is 6.89. The molecule has 3 nitrogen and oxygen atoms in total. The summed E-state index contributed by atoms with van der Waals surface area (Å²) in [6, 6.07) is 3.97. The first kappa shape index (κ1) is 14.2. The normalized spacial score (nSPS) is 23.6. The van der Waals surface area contributed by atoms with Gasteiger partial charge in [-0.05, 0) is 47.0 Å². The van der Waals surface area contributed by atoms with Crippen molar-refractivity contribution in [3.8, 4) is 0 Å². The molecule has 1 aromatic carbocycles. The third kappa shape index (κ3) is 2.20. The summed E-state index contributed by atoms with van der Waals surface area (Å²) in [6.07, 6.45) is 0.159. The largest absolute Gasteiger partial charge is 0.274 e. The molecule has 1 aliphatic heterocycles. The van der Waals surface area contributed by atoms with Crippen molar-refractivity contribution < 1.29 is 14.0 Å². The maximum Gasteiger partial charge on any atom is 0.240 e. The third-order valence-corrected chi connectivity index (χ3v) is 4.55. The lowest BCUT2D eigenvalue weighted by Gasteiger charge is -2.26. The van der Waals surface area contributed by atoms with E-state index in [-0.39, 0.29) is 29.8 Å². The Morgan fingerprint density at radius 1 is 1.37 bits per heavy atom. The van der Waals surface area contributed by atoms with Crippen molar-refractivity contribution in [2.24, 2.45) is 11.3 Å². The minimum Gasteiger partial charge on any atom is -0.274 e. The first-order valence-electron chi connectivity index (χ1n) is 6.10. The van der Waals surface area contributed by atoms with Gasteiger partial charge in [0.2, 0.25) is 11.8 Å². The van der Waals surface area contributed by atoms with E-state index in [1.54, 1.807) is 6.92 Å². The molecule has 1 aliphatic rings. The van der Waals surface area contributed by atoms with Crippen LogP contribution in [0, 0.1) is 17.2 Å². The van der Waals surface area contributed by atoms with Crippen LogP contribution in [-0.2, 0) is 9.59 Å². The van der Waals surface area contributed by atoms with E-state index in [2.05, 4.69) is 15.9 Å². The highest BCUT2D eigenvalue weighted by Gasteiger charge is 2.50. The molecule has 0 saturated carbocycles. The fourth-order valence-electron chi connectivity index (χ4n) is 2.19. The average molecular weight is 328 g/mol. The van der Waals surface area contributed by atoms with E-state index in [4.69, 9.17) is 0 Å². The lowest BCUT2D eigenvalue weighted by Crippen LogP contribution is -2.37. The lowest BCUT2D eigenvalue weighted by atomic mass is 9.78. The summed E-state index contributed by atoms with van der Waals surface area (Å²) in [5.74, 6) is -0.982. The molecule has 2 amide bonds. The van der Waals surface area contributed by atoms with Crippen LogP contribution < -0.4 is 4.90 Å². The van der Waals surface area contributed by atoms with Crippen LogP contribution >= 0.6 is 15.9 Å². The number of hydrogen-bond acceptors (Lipinski definition) is 2. The highest BCUT2D eigenvalue weighted by molar-refractivity contribution is 9.10. The minimum absolute atomic E-state index is 0.0429. The molecule has 1 fully saturated rings. The highest BCUT2D eigenvalue weighted by Crippen LogP contribution is 2.42. The number of nitrogens with zero attached hydrogens (tertiary/aromatic N) is 1. The molecule has 1 heterocycles. The quantitative estimate of drug-likeness (QED) is 0.779. The molecule has 0 radical (unpaired) electrons. The van der Waals surface area contributed by atoms with Crippen LogP contribution in [0.5, 0.6) is 0 Å². The lowest BCUT2D eigenvalue weighted by molar-refractivity contribution is -0.126. The number of amides is 2. The SMILES string of the molecule is CC(C)C1(C)CC(=O)N(c2cc(F)ccc2Br)C1=O. The van der Waals surface area contributed by atoms with Gasteiger partial charge in [-0.1, -0.05) is 13.8 Å². The van der Waals surface area contributed by atoms with Crippen LogP contribution in [0.15, 0.2) is 22.7 Å². The molecule has 5 heteroatoms. The van der Waals surface area contributed by atoms with Crippen molar-refractivity contribution in [2.45, 2.75) is 27.2 Å². The Balaban J connectivity index is 2.49. The molecule has 1 atom stereocenters. The Morgan fingerprint density at radius 3 is 2.53 bits per heavy atom. The van der Waals surface area contributed by atoms with Gasteiger partial charge < -0.3 is 0 Å². The van der Waals surface area contributed by atoms with Gasteiger partial charge in [0.15, 0.2) is 0 Å². The topological polar surface area (TPSA) is 37.4 Å². The molecule has 1 saturated heterocycles. The predicted molar refractivity (Wildman–Crippen MR) is 74.2 cm³/mol. The van der Waals surface area contributed by atoms with Crippen molar-refractivity contribution in [2.75, 3.05) is 4.90 Å². The number of rotatable bonds is 2. The van der Waals surface area contributed by atoms with Gasteiger partial charge in [-0.15, -0.1) is 0 Å². The Kier molecular flexibility index (Phi) is 3.51. The first-order chi connectivity index (χ1) is 8.77. The van der Waals surface area contributed by atoms with Crippen LogP contribution in [0.4, 0.5) is 10.1 Å². The van der Waals surface area contributed by atoms with Crippen molar-refractivity contribution in [1.82, 2.24) is 0 Å². The molecule has 0 aromatic heterocycles. The standard InChI is InChI=1S/C14H15BrFNO2/c1-8(2)14(3)7-12(18)17(13(14)19)11-6-9(16)4-5-10(11)15/h4-6,8H,7H2,1-3H3. The summed E-state index contributed by atoms with van der Waals surface area (Å²) in [6.45, 7) is 5.61. The minimum atomic E-state index is -0.719. The Bertz CT molecular complexity index is 558.